The highest BCUT2D eigenvalue weighted by Crippen LogP contribution is 2.32. The van der Waals surface area contributed by atoms with Crippen LogP contribution in [0.15, 0.2) is 59.0 Å². The van der Waals surface area contributed by atoms with Crippen LogP contribution in [-0.4, -0.2) is 35.3 Å². The van der Waals surface area contributed by atoms with Gasteiger partial charge in [0.1, 0.15) is 17.5 Å². The van der Waals surface area contributed by atoms with Gasteiger partial charge in [0.05, 0.1) is 18.3 Å². The molecule has 0 aliphatic rings. The molecule has 1 unspecified atom stereocenters. The molecule has 0 saturated carbocycles. The highest BCUT2D eigenvalue weighted by Gasteiger charge is 2.16. The van der Waals surface area contributed by atoms with E-state index in [4.69, 9.17) is 9.47 Å². The Labute approximate surface area is 171 Å². The Morgan fingerprint density at radius 1 is 1.21 bits per heavy atom. The van der Waals surface area contributed by atoms with Gasteiger partial charge in [-0.2, -0.15) is 0 Å². The first kappa shape index (κ1) is 19.3. The maximum Gasteiger partial charge on any atom is 0.326 e. The van der Waals surface area contributed by atoms with Crippen LogP contribution < -0.4 is 5.56 Å². The number of aromatic nitrogens is 2. The minimum absolute atomic E-state index is 0.192. The number of methoxy groups -OCH3 is 1. The number of carbonyl (C=O) groups is 1. The molecule has 4 aromatic rings. The van der Waals surface area contributed by atoms with Gasteiger partial charge >= 0.3 is 5.97 Å². The maximum atomic E-state index is 13.1. The lowest BCUT2D eigenvalue weighted by Crippen LogP contribution is -2.28. The molecule has 0 bridgehead atoms. The fourth-order valence-corrected chi connectivity index (χ4v) is 4.23. The zero-order chi connectivity index (χ0) is 20.4. The van der Waals surface area contributed by atoms with Crippen LogP contribution in [0.2, 0.25) is 0 Å². The zero-order valence-electron chi connectivity index (χ0n) is 16.1. The van der Waals surface area contributed by atoms with Gasteiger partial charge in [0, 0.05) is 18.1 Å². The summed E-state index contributed by atoms with van der Waals surface area (Å²) in [7, 11) is 1.54. The van der Waals surface area contributed by atoms with E-state index in [0.717, 1.165) is 21.9 Å². The third-order valence-electron chi connectivity index (χ3n) is 4.65. The topological polar surface area (TPSA) is 70.4 Å². The van der Waals surface area contributed by atoms with Gasteiger partial charge in [-0.05, 0) is 29.3 Å². The molecule has 0 aliphatic heterocycles. The number of carbonyl (C=O) groups excluding carboxylic acids is 1. The number of fused-ring (bicyclic) bond motifs is 2. The lowest BCUT2D eigenvalue weighted by molar-refractivity contribution is -0.151. The Balaban J connectivity index is 1.70. The standard InChI is InChI=1S/C22H20N2O4S/c1-14(11-27-2)28-19(25)10-24-13-23-21-20(22(24)26)18(12-29-21)17-8-7-15-5-3-4-6-16(15)9-17/h3-9,12-14H,10-11H2,1-2H3. The summed E-state index contributed by atoms with van der Waals surface area (Å²) in [6, 6.07) is 14.2. The minimum Gasteiger partial charge on any atom is -0.459 e. The van der Waals surface area contributed by atoms with Crippen molar-refractivity contribution in [2.24, 2.45) is 0 Å². The minimum atomic E-state index is -0.500. The van der Waals surface area contributed by atoms with E-state index in [1.807, 2.05) is 35.7 Å². The van der Waals surface area contributed by atoms with Crippen molar-refractivity contribution in [3.8, 4) is 11.1 Å². The van der Waals surface area contributed by atoms with Gasteiger partial charge in [0.25, 0.3) is 5.56 Å². The summed E-state index contributed by atoms with van der Waals surface area (Å²) >= 11 is 1.42. The molecule has 0 radical (unpaired) electrons. The van der Waals surface area contributed by atoms with Gasteiger partial charge in [-0.3, -0.25) is 14.2 Å². The van der Waals surface area contributed by atoms with Crippen LogP contribution in [0.1, 0.15) is 6.92 Å². The highest BCUT2D eigenvalue weighted by atomic mass is 32.1. The second-order valence-corrected chi connectivity index (χ2v) is 7.68. The molecule has 2 heterocycles. The Morgan fingerprint density at radius 2 is 2.00 bits per heavy atom. The molecular formula is C22H20N2O4S. The zero-order valence-corrected chi connectivity index (χ0v) is 16.9. The van der Waals surface area contributed by atoms with Gasteiger partial charge in [0.15, 0.2) is 0 Å². The quantitative estimate of drug-likeness (QED) is 0.453. The number of thiophene rings is 1. The van der Waals surface area contributed by atoms with Gasteiger partial charge in [0.2, 0.25) is 0 Å². The Hall–Kier alpha value is -3.03. The second kappa shape index (κ2) is 8.14. The van der Waals surface area contributed by atoms with Gasteiger partial charge in [-0.25, -0.2) is 4.98 Å². The van der Waals surface area contributed by atoms with E-state index in [-0.39, 0.29) is 18.2 Å². The first-order valence-electron chi connectivity index (χ1n) is 9.21. The lowest BCUT2D eigenvalue weighted by Gasteiger charge is -2.12. The van der Waals surface area contributed by atoms with Crippen LogP contribution in [0.4, 0.5) is 0 Å². The smallest absolute Gasteiger partial charge is 0.326 e. The summed E-state index contributed by atoms with van der Waals surface area (Å²) in [6.07, 6.45) is 1.02. The summed E-state index contributed by atoms with van der Waals surface area (Å²) in [5.41, 5.74) is 1.52. The highest BCUT2D eigenvalue weighted by molar-refractivity contribution is 7.17. The van der Waals surface area contributed by atoms with Crippen molar-refractivity contribution in [2.45, 2.75) is 19.6 Å². The predicted molar refractivity (Wildman–Crippen MR) is 114 cm³/mol. The lowest BCUT2D eigenvalue weighted by atomic mass is 10.0. The summed E-state index contributed by atoms with van der Waals surface area (Å²) < 4.78 is 11.5. The number of nitrogens with zero attached hydrogens (tertiary/aromatic N) is 2. The van der Waals surface area contributed by atoms with E-state index in [1.54, 1.807) is 6.92 Å². The van der Waals surface area contributed by atoms with E-state index in [0.29, 0.717) is 16.8 Å². The molecular weight excluding hydrogens is 388 g/mol. The summed E-state index contributed by atoms with van der Waals surface area (Å²) in [5, 5.41) is 4.70. The van der Waals surface area contributed by atoms with Crippen molar-refractivity contribution in [1.82, 2.24) is 9.55 Å². The van der Waals surface area contributed by atoms with Crippen LogP contribution in [-0.2, 0) is 20.8 Å². The molecule has 0 saturated heterocycles. The molecule has 0 aliphatic carbocycles. The van der Waals surface area contributed by atoms with Crippen molar-refractivity contribution in [2.75, 3.05) is 13.7 Å². The van der Waals surface area contributed by atoms with E-state index >= 15 is 0 Å². The average molecular weight is 408 g/mol. The van der Waals surface area contributed by atoms with Crippen LogP contribution in [0.3, 0.4) is 0 Å². The molecule has 2 aromatic heterocycles. The monoisotopic (exact) mass is 408 g/mol. The van der Waals surface area contributed by atoms with Crippen LogP contribution in [0.5, 0.6) is 0 Å². The summed E-state index contributed by atoms with van der Waals surface area (Å²) in [6.45, 7) is 1.85. The first-order valence-corrected chi connectivity index (χ1v) is 10.1. The Kier molecular flexibility index (Phi) is 5.42. The Morgan fingerprint density at radius 3 is 2.79 bits per heavy atom. The molecule has 0 N–H and O–H groups in total. The molecule has 29 heavy (non-hydrogen) atoms. The van der Waals surface area contributed by atoms with Crippen molar-refractivity contribution >= 4 is 38.3 Å². The second-order valence-electron chi connectivity index (χ2n) is 6.82. The number of esters is 1. The largest absolute Gasteiger partial charge is 0.459 e. The third-order valence-corrected chi connectivity index (χ3v) is 5.54. The van der Waals surface area contributed by atoms with E-state index < -0.39 is 5.97 Å². The number of hydrogen-bond acceptors (Lipinski definition) is 6. The third kappa shape index (κ3) is 3.92. The molecule has 1 atom stereocenters. The maximum absolute atomic E-state index is 13.1. The van der Waals surface area contributed by atoms with Gasteiger partial charge in [-0.15, -0.1) is 11.3 Å². The number of rotatable bonds is 6. The molecule has 6 nitrogen and oxygen atoms in total. The van der Waals surface area contributed by atoms with E-state index in [9.17, 15) is 9.59 Å². The predicted octanol–water partition coefficient (Wildman–Crippen LogP) is 3.86. The molecule has 148 valence electrons. The van der Waals surface area contributed by atoms with Crippen molar-refractivity contribution in [3.05, 3.63) is 64.5 Å². The number of benzene rings is 2. The van der Waals surface area contributed by atoms with E-state index in [2.05, 4.69) is 17.1 Å². The van der Waals surface area contributed by atoms with Gasteiger partial charge < -0.3 is 9.47 Å². The first-order chi connectivity index (χ1) is 14.1. The fraction of sp³-hybridized carbons (Fsp3) is 0.227. The van der Waals surface area contributed by atoms with Crippen molar-refractivity contribution < 1.29 is 14.3 Å². The number of ether oxygens (including phenoxy) is 2. The molecule has 0 fully saturated rings. The van der Waals surface area contributed by atoms with Crippen LogP contribution in [0, 0.1) is 0 Å². The molecule has 7 heteroatoms. The van der Waals surface area contributed by atoms with Gasteiger partial charge in [-0.1, -0.05) is 36.4 Å². The summed E-state index contributed by atoms with van der Waals surface area (Å²) in [4.78, 5) is 30.3. The normalized spacial score (nSPS) is 12.3. The van der Waals surface area contributed by atoms with Crippen molar-refractivity contribution in [3.63, 3.8) is 0 Å². The van der Waals surface area contributed by atoms with E-state index in [1.165, 1.54) is 29.3 Å². The number of hydrogen-bond donors (Lipinski definition) is 0. The summed E-state index contributed by atoms with van der Waals surface area (Å²) in [5.74, 6) is -0.500. The molecule has 4 rings (SSSR count). The van der Waals surface area contributed by atoms with Crippen molar-refractivity contribution in [1.29, 1.82) is 0 Å². The average Bonchev–Trinajstić information content (AvgIpc) is 3.15. The molecule has 0 spiro atoms. The SMILES string of the molecule is COCC(C)OC(=O)Cn1cnc2scc(-c3ccc4ccccc4c3)c2c1=O. The van der Waals surface area contributed by atoms with Crippen LogP contribution in [0.25, 0.3) is 32.1 Å². The Bertz CT molecular complexity index is 1240. The fourth-order valence-electron chi connectivity index (χ4n) is 3.32. The molecule has 2 aromatic carbocycles. The molecule has 0 amide bonds. The van der Waals surface area contributed by atoms with Crippen LogP contribution >= 0.6 is 11.3 Å².